The van der Waals surface area contributed by atoms with Crippen LogP contribution in [0.5, 0.6) is 0 Å². The van der Waals surface area contributed by atoms with E-state index in [-0.39, 0.29) is 36.3 Å². The van der Waals surface area contributed by atoms with Crippen molar-refractivity contribution in [1.82, 2.24) is 10.3 Å². The molecule has 3 N–H and O–H groups in total. The second-order valence-electron chi connectivity index (χ2n) is 6.68. The number of rotatable bonds is 5. The Labute approximate surface area is 161 Å². The minimum Gasteiger partial charge on any atom is -0.345 e. The molecular weight excluding hydrogens is 357 g/mol. The molecule has 0 saturated heterocycles. The SMILES string of the molecule is Cc1ccc(-c2cncc(C(=O)NC(C)(CN)C3CC3)c2)cc1.Cl.Cl. The quantitative estimate of drug-likeness (QED) is 0.828. The molecule has 1 saturated carbocycles. The van der Waals surface area contributed by atoms with Gasteiger partial charge in [-0.05, 0) is 44.2 Å². The number of aryl methyl sites for hydroxylation is 1. The molecule has 0 radical (unpaired) electrons. The molecule has 1 amide bonds. The lowest BCUT2D eigenvalue weighted by Crippen LogP contribution is -2.53. The average Bonchev–Trinajstić information content (AvgIpc) is 3.41. The van der Waals surface area contributed by atoms with Crippen LogP contribution in [0.2, 0.25) is 0 Å². The number of carbonyl (C=O) groups is 1. The molecule has 1 unspecified atom stereocenters. The zero-order valence-corrected chi connectivity index (χ0v) is 16.1. The summed E-state index contributed by atoms with van der Waals surface area (Å²) < 4.78 is 0. The third-order valence-corrected chi connectivity index (χ3v) is 4.69. The summed E-state index contributed by atoms with van der Waals surface area (Å²) in [4.78, 5) is 16.8. The Balaban J connectivity index is 0.00000156. The topological polar surface area (TPSA) is 68.0 Å². The minimum absolute atomic E-state index is 0. The van der Waals surface area contributed by atoms with E-state index >= 15 is 0 Å². The van der Waals surface area contributed by atoms with E-state index in [1.165, 1.54) is 5.56 Å². The maximum Gasteiger partial charge on any atom is 0.253 e. The van der Waals surface area contributed by atoms with Crippen molar-refractivity contribution >= 4 is 30.7 Å². The lowest BCUT2D eigenvalue weighted by atomic mass is 9.95. The van der Waals surface area contributed by atoms with Crippen molar-refractivity contribution in [3.05, 3.63) is 53.9 Å². The van der Waals surface area contributed by atoms with Gasteiger partial charge in [-0.15, -0.1) is 24.8 Å². The molecule has 0 aliphatic heterocycles. The molecule has 1 aromatic heterocycles. The number of amides is 1. The lowest BCUT2D eigenvalue weighted by molar-refractivity contribution is 0.0897. The van der Waals surface area contributed by atoms with Gasteiger partial charge >= 0.3 is 0 Å². The number of halogens is 2. The fourth-order valence-corrected chi connectivity index (χ4v) is 2.84. The van der Waals surface area contributed by atoms with Crippen LogP contribution in [0.25, 0.3) is 11.1 Å². The fourth-order valence-electron chi connectivity index (χ4n) is 2.84. The molecule has 1 aliphatic carbocycles. The third-order valence-electron chi connectivity index (χ3n) is 4.69. The van der Waals surface area contributed by atoms with E-state index in [0.29, 0.717) is 18.0 Å². The summed E-state index contributed by atoms with van der Waals surface area (Å²) in [6.07, 6.45) is 5.66. The molecule has 1 aromatic carbocycles. The van der Waals surface area contributed by atoms with Gasteiger partial charge in [0.05, 0.1) is 11.1 Å². The van der Waals surface area contributed by atoms with Crippen LogP contribution >= 0.6 is 24.8 Å². The van der Waals surface area contributed by atoms with Gasteiger partial charge in [0.1, 0.15) is 0 Å². The van der Waals surface area contributed by atoms with Crippen molar-refractivity contribution in [3.63, 3.8) is 0 Å². The van der Waals surface area contributed by atoms with Gasteiger partial charge in [0.2, 0.25) is 0 Å². The Kier molecular flexibility index (Phi) is 7.42. The highest BCUT2D eigenvalue weighted by Gasteiger charge is 2.41. The van der Waals surface area contributed by atoms with Gasteiger partial charge in [0.15, 0.2) is 0 Å². The molecular formula is C19H25Cl2N3O. The largest absolute Gasteiger partial charge is 0.345 e. The predicted octanol–water partition coefficient (Wildman–Crippen LogP) is 3.76. The molecule has 0 bridgehead atoms. The Hall–Kier alpha value is -1.62. The number of carbonyl (C=O) groups excluding carboxylic acids is 1. The first-order chi connectivity index (χ1) is 11.0. The van der Waals surface area contributed by atoms with Crippen molar-refractivity contribution in [1.29, 1.82) is 0 Å². The van der Waals surface area contributed by atoms with Crippen molar-refractivity contribution in [2.75, 3.05) is 6.54 Å². The first-order valence-corrected chi connectivity index (χ1v) is 8.06. The van der Waals surface area contributed by atoms with E-state index < -0.39 is 0 Å². The molecule has 1 atom stereocenters. The Morgan fingerprint density at radius 2 is 1.84 bits per heavy atom. The third kappa shape index (κ3) is 4.94. The Morgan fingerprint density at radius 3 is 2.40 bits per heavy atom. The molecule has 3 rings (SSSR count). The monoisotopic (exact) mass is 381 g/mol. The zero-order valence-electron chi connectivity index (χ0n) is 14.5. The van der Waals surface area contributed by atoms with Crippen molar-refractivity contribution < 1.29 is 4.79 Å². The minimum atomic E-state index is -0.322. The van der Waals surface area contributed by atoms with E-state index in [1.807, 2.05) is 25.1 Å². The molecule has 2 aromatic rings. The zero-order chi connectivity index (χ0) is 16.4. The molecule has 1 aliphatic rings. The summed E-state index contributed by atoms with van der Waals surface area (Å²) in [5.41, 5.74) is 9.34. The second-order valence-corrected chi connectivity index (χ2v) is 6.68. The van der Waals surface area contributed by atoms with Crippen LogP contribution in [0.3, 0.4) is 0 Å². The standard InChI is InChI=1S/C19H23N3O.2ClH/c1-13-3-5-14(6-4-13)15-9-16(11-21-10-15)18(23)22-19(2,12-20)17-7-8-17;;/h3-6,9-11,17H,7-8,12,20H2,1-2H3,(H,22,23);2*1H. The summed E-state index contributed by atoms with van der Waals surface area (Å²) in [6, 6.07) is 10.1. The van der Waals surface area contributed by atoms with E-state index in [9.17, 15) is 4.79 Å². The number of nitrogens with zero attached hydrogens (tertiary/aromatic N) is 1. The summed E-state index contributed by atoms with van der Waals surface area (Å²) in [7, 11) is 0. The normalized spacial score (nSPS) is 15.3. The van der Waals surface area contributed by atoms with Crippen LogP contribution < -0.4 is 11.1 Å². The van der Waals surface area contributed by atoms with Gasteiger partial charge in [0.25, 0.3) is 5.91 Å². The number of aromatic nitrogens is 1. The van der Waals surface area contributed by atoms with Crippen molar-refractivity contribution in [3.8, 4) is 11.1 Å². The number of nitrogens with two attached hydrogens (primary N) is 1. The van der Waals surface area contributed by atoms with Crippen LogP contribution in [0, 0.1) is 12.8 Å². The van der Waals surface area contributed by atoms with Gasteiger partial charge in [-0.2, -0.15) is 0 Å². The number of hydrogen-bond donors (Lipinski definition) is 2. The second kappa shape index (κ2) is 8.65. The molecule has 4 nitrogen and oxygen atoms in total. The Bertz CT molecular complexity index is 717. The summed E-state index contributed by atoms with van der Waals surface area (Å²) >= 11 is 0. The number of hydrogen-bond acceptors (Lipinski definition) is 3. The van der Waals surface area contributed by atoms with Crippen molar-refractivity contribution in [2.24, 2.45) is 11.7 Å². The fraction of sp³-hybridized carbons (Fsp3) is 0.368. The van der Waals surface area contributed by atoms with Gasteiger partial charge in [0, 0.05) is 24.5 Å². The maximum atomic E-state index is 12.6. The van der Waals surface area contributed by atoms with Gasteiger partial charge in [-0.1, -0.05) is 29.8 Å². The first-order valence-electron chi connectivity index (χ1n) is 8.06. The van der Waals surface area contributed by atoms with Crippen LogP contribution in [0.15, 0.2) is 42.7 Å². The lowest BCUT2D eigenvalue weighted by Gasteiger charge is -2.29. The smallest absolute Gasteiger partial charge is 0.253 e. The van der Waals surface area contributed by atoms with Crippen LogP contribution in [-0.4, -0.2) is 23.0 Å². The average molecular weight is 382 g/mol. The molecule has 0 spiro atoms. The molecule has 1 heterocycles. The first kappa shape index (κ1) is 21.4. The van der Waals surface area contributed by atoms with E-state index in [2.05, 4.69) is 29.4 Å². The molecule has 6 heteroatoms. The molecule has 136 valence electrons. The summed E-state index contributed by atoms with van der Waals surface area (Å²) in [5, 5.41) is 3.11. The van der Waals surface area contributed by atoms with E-state index in [0.717, 1.165) is 24.0 Å². The highest BCUT2D eigenvalue weighted by atomic mass is 35.5. The van der Waals surface area contributed by atoms with Crippen LogP contribution in [0.4, 0.5) is 0 Å². The Morgan fingerprint density at radius 1 is 1.20 bits per heavy atom. The van der Waals surface area contributed by atoms with E-state index in [1.54, 1.807) is 12.4 Å². The summed E-state index contributed by atoms with van der Waals surface area (Å²) in [5.74, 6) is 0.385. The van der Waals surface area contributed by atoms with Gasteiger partial charge in [-0.25, -0.2) is 0 Å². The molecule has 1 fully saturated rings. The van der Waals surface area contributed by atoms with Gasteiger partial charge < -0.3 is 11.1 Å². The van der Waals surface area contributed by atoms with Gasteiger partial charge in [-0.3, -0.25) is 9.78 Å². The number of nitrogens with one attached hydrogen (secondary N) is 1. The van der Waals surface area contributed by atoms with Crippen molar-refractivity contribution in [2.45, 2.75) is 32.2 Å². The molecule has 25 heavy (non-hydrogen) atoms. The number of pyridine rings is 1. The predicted molar refractivity (Wildman–Crippen MR) is 107 cm³/mol. The number of benzene rings is 1. The van der Waals surface area contributed by atoms with Crippen LogP contribution in [-0.2, 0) is 0 Å². The summed E-state index contributed by atoms with van der Waals surface area (Å²) in [6.45, 7) is 4.53. The maximum absolute atomic E-state index is 12.6. The van der Waals surface area contributed by atoms with Crippen LogP contribution in [0.1, 0.15) is 35.7 Å². The highest BCUT2D eigenvalue weighted by Crippen LogP contribution is 2.39. The van der Waals surface area contributed by atoms with E-state index in [4.69, 9.17) is 5.73 Å². The highest BCUT2D eigenvalue weighted by molar-refractivity contribution is 5.95.